The van der Waals surface area contributed by atoms with Gasteiger partial charge in [-0.2, -0.15) is 0 Å². The van der Waals surface area contributed by atoms with Gasteiger partial charge in [-0.3, -0.25) is 14.6 Å². The molecule has 9 heteroatoms. The standard InChI is InChI=1S/C24H27N3O5S/c28-23(26-11-13-27(14-12-26)24(29)22-10-15-32-22)18-6-4-17(5-7-18)21-3-1-2-19(25-21)16-33(30,31)20-8-9-20/h1-7,20,22H,8-16H2. The molecule has 3 aliphatic rings. The number of carbonyl (C=O) groups excluding carboxylic acids is 2. The summed E-state index contributed by atoms with van der Waals surface area (Å²) in [5, 5.41) is -0.209. The Hall–Kier alpha value is -2.78. The van der Waals surface area contributed by atoms with Gasteiger partial charge in [0.25, 0.3) is 11.8 Å². The first-order valence-corrected chi connectivity index (χ1v) is 13.1. The topological polar surface area (TPSA) is 96.9 Å². The molecule has 174 valence electrons. The zero-order valence-electron chi connectivity index (χ0n) is 18.4. The van der Waals surface area contributed by atoms with Gasteiger partial charge in [-0.15, -0.1) is 0 Å². The molecule has 3 fully saturated rings. The molecule has 1 unspecified atom stereocenters. The van der Waals surface area contributed by atoms with E-state index in [1.807, 2.05) is 24.3 Å². The number of nitrogens with zero attached hydrogens (tertiary/aromatic N) is 3. The Labute approximate surface area is 193 Å². The van der Waals surface area contributed by atoms with Crippen molar-refractivity contribution in [3.8, 4) is 11.3 Å². The highest BCUT2D eigenvalue weighted by atomic mass is 32.2. The quantitative estimate of drug-likeness (QED) is 0.641. The van der Waals surface area contributed by atoms with E-state index in [0.717, 1.165) is 24.8 Å². The minimum atomic E-state index is -3.13. The highest BCUT2D eigenvalue weighted by Gasteiger charge is 2.36. The molecule has 1 aromatic carbocycles. The normalized spacial score (nSPS) is 20.9. The molecule has 0 radical (unpaired) electrons. The lowest BCUT2D eigenvalue weighted by Gasteiger charge is -2.38. The van der Waals surface area contributed by atoms with E-state index >= 15 is 0 Å². The fraction of sp³-hybridized carbons (Fsp3) is 0.458. The number of rotatable bonds is 6. The molecular weight excluding hydrogens is 442 g/mol. The predicted molar refractivity (Wildman–Crippen MR) is 122 cm³/mol. The molecular formula is C24H27N3O5S. The minimum Gasteiger partial charge on any atom is -0.368 e. The highest BCUT2D eigenvalue weighted by molar-refractivity contribution is 7.91. The van der Waals surface area contributed by atoms with E-state index in [4.69, 9.17) is 4.74 Å². The number of hydrogen-bond acceptors (Lipinski definition) is 6. The minimum absolute atomic E-state index is 0.0253. The van der Waals surface area contributed by atoms with E-state index in [1.54, 1.807) is 28.0 Å². The molecule has 0 spiro atoms. The summed E-state index contributed by atoms with van der Waals surface area (Å²) < 4.78 is 29.8. The second-order valence-corrected chi connectivity index (χ2v) is 11.1. The smallest absolute Gasteiger partial charge is 0.253 e. The maximum atomic E-state index is 12.9. The number of carbonyl (C=O) groups is 2. The first-order valence-electron chi connectivity index (χ1n) is 11.4. The summed E-state index contributed by atoms with van der Waals surface area (Å²) in [7, 11) is -3.13. The van der Waals surface area contributed by atoms with E-state index < -0.39 is 9.84 Å². The predicted octanol–water partition coefficient (Wildman–Crippen LogP) is 1.90. The summed E-state index contributed by atoms with van der Waals surface area (Å²) in [6, 6.07) is 12.6. The number of pyridine rings is 1. The van der Waals surface area contributed by atoms with Gasteiger partial charge in [0.1, 0.15) is 6.10 Å². The highest BCUT2D eigenvalue weighted by Crippen LogP contribution is 2.31. The molecule has 2 aliphatic heterocycles. The molecule has 1 saturated carbocycles. The van der Waals surface area contributed by atoms with Crippen LogP contribution >= 0.6 is 0 Å². The number of amides is 2. The Morgan fingerprint density at radius 1 is 0.939 bits per heavy atom. The molecule has 0 N–H and O–H groups in total. The number of benzene rings is 1. The van der Waals surface area contributed by atoms with Crippen molar-refractivity contribution in [2.45, 2.75) is 36.4 Å². The van der Waals surface area contributed by atoms with Gasteiger partial charge >= 0.3 is 0 Å². The van der Waals surface area contributed by atoms with Gasteiger partial charge in [-0.05, 0) is 37.1 Å². The van der Waals surface area contributed by atoms with Crippen LogP contribution in [0.5, 0.6) is 0 Å². The second kappa shape index (κ2) is 8.87. The Kier molecular flexibility index (Phi) is 5.92. The number of sulfone groups is 1. The summed E-state index contributed by atoms with van der Waals surface area (Å²) >= 11 is 0. The first-order chi connectivity index (χ1) is 15.9. The van der Waals surface area contributed by atoms with Crippen LogP contribution in [0.3, 0.4) is 0 Å². The average Bonchev–Trinajstić information content (AvgIpc) is 3.64. The van der Waals surface area contributed by atoms with Crippen molar-refractivity contribution in [1.29, 1.82) is 0 Å². The van der Waals surface area contributed by atoms with Crippen LogP contribution in [0.4, 0.5) is 0 Å². The fourth-order valence-electron chi connectivity index (χ4n) is 4.20. The summed E-state index contributed by atoms with van der Waals surface area (Å²) in [4.78, 5) is 33.3. The molecule has 8 nitrogen and oxygen atoms in total. The maximum absolute atomic E-state index is 12.9. The van der Waals surface area contributed by atoms with Crippen LogP contribution in [0.1, 0.15) is 35.3 Å². The summed E-state index contributed by atoms with van der Waals surface area (Å²) in [6.45, 7) is 2.67. The Bertz CT molecular complexity index is 1150. The van der Waals surface area contributed by atoms with Crippen molar-refractivity contribution < 1.29 is 22.7 Å². The van der Waals surface area contributed by atoms with E-state index in [1.165, 1.54) is 0 Å². The summed E-state index contributed by atoms with van der Waals surface area (Å²) in [5.74, 6) is -0.0770. The van der Waals surface area contributed by atoms with Crippen molar-refractivity contribution in [3.63, 3.8) is 0 Å². The van der Waals surface area contributed by atoms with Crippen LogP contribution in [-0.2, 0) is 25.1 Å². The van der Waals surface area contributed by atoms with E-state index in [9.17, 15) is 18.0 Å². The van der Waals surface area contributed by atoms with Crippen LogP contribution < -0.4 is 0 Å². The molecule has 1 aliphatic carbocycles. The Balaban J connectivity index is 1.21. The van der Waals surface area contributed by atoms with Crippen molar-refractivity contribution in [2.24, 2.45) is 0 Å². The monoisotopic (exact) mass is 469 g/mol. The zero-order chi connectivity index (χ0) is 23.0. The van der Waals surface area contributed by atoms with Gasteiger partial charge in [-0.25, -0.2) is 8.42 Å². The largest absolute Gasteiger partial charge is 0.368 e. The molecule has 0 bridgehead atoms. The van der Waals surface area contributed by atoms with Gasteiger partial charge in [0, 0.05) is 43.7 Å². The van der Waals surface area contributed by atoms with Gasteiger partial charge in [0.2, 0.25) is 0 Å². The first kappa shape index (κ1) is 22.0. The van der Waals surface area contributed by atoms with Crippen LogP contribution in [0.2, 0.25) is 0 Å². The Morgan fingerprint density at radius 2 is 1.61 bits per heavy atom. The van der Waals surface area contributed by atoms with Crippen LogP contribution in [0.15, 0.2) is 42.5 Å². The summed E-state index contributed by atoms with van der Waals surface area (Å²) in [5.41, 5.74) is 2.63. The number of piperazine rings is 1. The molecule has 3 heterocycles. The SMILES string of the molecule is O=C(c1ccc(-c2cccc(CS(=O)(=O)C3CC3)n2)cc1)N1CCN(C(=O)C2CCO2)CC1. The third-order valence-corrected chi connectivity index (χ3v) is 8.65. The van der Waals surface area contributed by atoms with E-state index in [-0.39, 0.29) is 28.9 Å². The van der Waals surface area contributed by atoms with Crippen LogP contribution in [0.25, 0.3) is 11.3 Å². The van der Waals surface area contributed by atoms with Crippen LogP contribution in [-0.4, -0.2) is 79.2 Å². The summed E-state index contributed by atoms with van der Waals surface area (Å²) in [6.07, 6.45) is 1.97. The number of ether oxygens (including phenoxy) is 1. The lowest BCUT2D eigenvalue weighted by molar-refractivity contribution is -0.157. The van der Waals surface area contributed by atoms with Crippen molar-refractivity contribution >= 4 is 21.7 Å². The number of aromatic nitrogens is 1. The zero-order valence-corrected chi connectivity index (χ0v) is 19.2. The van der Waals surface area contributed by atoms with Crippen molar-refractivity contribution in [2.75, 3.05) is 32.8 Å². The van der Waals surface area contributed by atoms with Crippen molar-refractivity contribution in [3.05, 3.63) is 53.7 Å². The fourth-order valence-corrected chi connectivity index (χ4v) is 5.87. The lowest BCUT2D eigenvalue weighted by atomic mass is 10.1. The van der Waals surface area contributed by atoms with Gasteiger partial charge in [0.05, 0.1) is 29.0 Å². The van der Waals surface area contributed by atoms with Gasteiger partial charge in [-0.1, -0.05) is 18.2 Å². The van der Waals surface area contributed by atoms with E-state index in [0.29, 0.717) is 49.7 Å². The third kappa shape index (κ3) is 4.79. The number of hydrogen-bond donors (Lipinski definition) is 0. The maximum Gasteiger partial charge on any atom is 0.253 e. The third-order valence-electron chi connectivity index (χ3n) is 6.47. The van der Waals surface area contributed by atoms with E-state index in [2.05, 4.69) is 4.98 Å². The van der Waals surface area contributed by atoms with Crippen molar-refractivity contribution in [1.82, 2.24) is 14.8 Å². The molecule has 1 aromatic heterocycles. The molecule has 2 amide bonds. The van der Waals surface area contributed by atoms with Crippen LogP contribution in [0, 0.1) is 0 Å². The molecule has 2 aromatic rings. The molecule has 2 saturated heterocycles. The molecule has 5 rings (SSSR count). The lowest BCUT2D eigenvalue weighted by Crippen LogP contribution is -2.54. The Morgan fingerprint density at radius 3 is 2.21 bits per heavy atom. The average molecular weight is 470 g/mol. The van der Waals surface area contributed by atoms with Gasteiger partial charge in [0.15, 0.2) is 9.84 Å². The van der Waals surface area contributed by atoms with Gasteiger partial charge < -0.3 is 14.5 Å². The second-order valence-electron chi connectivity index (χ2n) is 8.86. The molecule has 33 heavy (non-hydrogen) atoms. The molecule has 1 atom stereocenters.